The number of esters is 1. The number of allylic oxidation sites excluding steroid dienone is 2. The van der Waals surface area contributed by atoms with Crippen molar-refractivity contribution in [2.45, 2.75) is 26.2 Å². The van der Waals surface area contributed by atoms with Gasteiger partial charge in [0, 0.05) is 5.56 Å². The van der Waals surface area contributed by atoms with E-state index < -0.39 is 0 Å². The second-order valence-corrected chi connectivity index (χ2v) is 5.47. The van der Waals surface area contributed by atoms with Gasteiger partial charge in [0.25, 0.3) is 5.89 Å². The molecule has 0 amide bonds. The minimum atomic E-state index is -0.289. The molecule has 0 spiro atoms. The standard InChI is InChI=1S/C17H18N2O3/c1-12-18-16(22-19-12)14-7-9-15(10-8-14)17(20)21-11-13-5-3-2-4-6-13/h2-3,7-10,13H,4-6,11H2,1H3. The number of nitrogens with zero attached hydrogens (tertiary/aromatic N) is 2. The molecule has 0 bridgehead atoms. The molecule has 0 saturated heterocycles. The summed E-state index contributed by atoms with van der Waals surface area (Å²) in [7, 11) is 0. The maximum Gasteiger partial charge on any atom is 0.338 e. The van der Waals surface area contributed by atoms with E-state index in [1.807, 2.05) is 0 Å². The van der Waals surface area contributed by atoms with Gasteiger partial charge in [-0.05, 0) is 56.4 Å². The third kappa shape index (κ3) is 3.42. The van der Waals surface area contributed by atoms with Crippen LogP contribution in [0.5, 0.6) is 0 Å². The number of aryl methyl sites for hydroxylation is 1. The minimum absolute atomic E-state index is 0.289. The summed E-state index contributed by atoms with van der Waals surface area (Å²) < 4.78 is 10.5. The van der Waals surface area contributed by atoms with Gasteiger partial charge in [0.05, 0.1) is 12.2 Å². The first-order valence-electron chi connectivity index (χ1n) is 7.45. The first-order chi connectivity index (χ1) is 10.7. The van der Waals surface area contributed by atoms with Gasteiger partial charge in [0.1, 0.15) is 0 Å². The Balaban J connectivity index is 1.59. The Morgan fingerprint density at radius 1 is 1.32 bits per heavy atom. The molecule has 22 heavy (non-hydrogen) atoms. The average molecular weight is 298 g/mol. The lowest BCUT2D eigenvalue weighted by atomic mass is 9.95. The highest BCUT2D eigenvalue weighted by atomic mass is 16.5. The van der Waals surface area contributed by atoms with Crippen LogP contribution in [0.3, 0.4) is 0 Å². The Morgan fingerprint density at radius 3 is 2.77 bits per heavy atom. The van der Waals surface area contributed by atoms with Crippen molar-refractivity contribution in [2.24, 2.45) is 5.92 Å². The Bertz CT molecular complexity index is 673. The lowest BCUT2D eigenvalue weighted by Gasteiger charge is -2.17. The van der Waals surface area contributed by atoms with Crippen LogP contribution in [-0.4, -0.2) is 22.7 Å². The number of carbonyl (C=O) groups is 1. The summed E-state index contributed by atoms with van der Waals surface area (Å²) in [6.07, 6.45) is 7.47. The van der Waals surface area contributed by atoms with Crippen LogP contribution in [0.4, 0.5) is 0 Å². The van der Waals surface area contributed by atoms with E-state index in [1.54, 1.807) is 31.2 Å². The summed E-state index contributed by atoms with van der Waals surface area (Å²) in [5, 5.41) is 3.75. The van der Waals surface area contributed by atoms with Gasteiger partial charge in [-0.15, -0.1) is 0 Å². The molecule has 0 fully saturated rings. The fourth-order valence-corrected chi connectivity index (χ4v) is 2.45. The highest BCUT2D eigenvalue weighted by Crippen LogP contribution is 2.20. The Hall–Kier alpha value is -2.43. The van der Waals surface area contributed by atoms with Gasteiger partial charge in [-0.2, -0.15) is 4.98 Å². The molecule has 1 aromatic carbocycles. The van der Waals surface area contributed by atoms with Crippen molar-refractivity contribution in [1.82, 2.24) is 10.1 Å². The first-order valence-corrected chi connectivity index (χ1v) is 7.45. The molecule has 1 heterocycles. The lowest BCUT2D eigenvalue weighted by molar-refractivity contribution is 0.0432. The topological polar surface area (TPSA) is 65.2 Å². The zero-order valence-electron chi connectivity index (χ0n) is 12.5. The van der Waals surface area contributed by atoms with E-state index in [0.717, 1.165) is 24.8 Å². The summed E-state index contributed by atoms with van der Waals surface area (Å²) in [6.45, 7) is 2.24. The Morgan fingerprint density at radius 2 is 2.14 bits per heavy atom. The fraction of sp³-hybridized carbons (Fsp3) is 0.353. The van der Waals surface area contributed by atoms with Crippen molar-refractivity contribution in [1.29, 1.82) is 0 Å². The van der Waals surface area contributed by atoms with Crippen LogP contribution in [0.15, 0.2) is 40.9 Å². The minimum Gasteiger partial charge on any atom is -0.462 e. The largest absolute Gasteiger partial charge is 0.462 e. The third-order valence-corrected chi connectivity index (χ3v) is 3.72. The molecule has 2 aromatic rings. The van der Waals surface area contributed by atoms with E-state index >= 15 is 0 Å². The molecular weight excluding hydrogens is 280 g/mol. The smallest absolute Gasteiger partial charge is 0.338 e. The van der Waals surface area contributed by atoms with Crippen molar-refractivity contribution >= 4 is 5.97 Å². The number of hydrogen-bond acceptors (Lipinski definition) is 5. The third-order valence-electron chi connectivity index (χ3n) is 3.72. The predicted molar refractivity (Wildman–Crippen MR) is 81.2 cm³/mol. The van der Waals surface area contributed by atoms with Gasteiger partial charge >= 0.3 is 5.97 Å². The van der Waals surface area contributed by atoms with Gasteiger partial charge in [-0.3, -0.25) is 0 Å². The molecule has 5 nitrogen and oxygen atoms in total. The number of rotatable bonds is 4. The molecule has 3 rings (SSSR count). The van der Waals surface area contributed by atoms with Crippen molar-refractivity contribution in [3.05, 3.63) is 47.8 Å². The first kappa shape index (κ1) is 14.5. The van der Waals surface area contributed by atoms with Gasteiger partial charge in [0.2, 0.25) is 0 Å². The van der Waals surface area contributed by atoms with Gasteiger partial charge in [-0.1, -0.05) is 17.3 Å². The molecule has 1 aliphatic rings. The zero-order valence-corrected chi connectivity index (χ0v) is 12.5. The summed E-state index contributed by atoms with van der Waals surface area (Å²) >= 11 is 0. The molecular formula is C17H18N2O3. The highest BCUT2D eigenvalue weighted by Gasteiger charge is 2.14. The monoisotopic (exact) mass is 298 g/mol. The molecule has 5 heteroatoms. The summed E-state index contributed by atoms with van der Waals surface area (Å²) in [4.78, 5) is 16.2. The predicted octanol–water partition coefficient (Wildman–Crippen LogP) is 3.56. The average Bonchev–Trinajstić information content (AvgIpc) is 3.00. The van der Waals surface area contributed by atoms with E-state index in [0.29, 0.717) is 29.8 Å². The van der Waals surface area contributed by atoms with E-state index in [4.69, 9.17) is 9.26 Å². The highest BCUT2D eigenvalue weighted by molar-refractivity contribution is 5.89. The molecule has 1 unspecified atom stereocenters. The maximum atomic E-state index is 12.0. The number of ether oxygens (including phenoxy) is 1. The molecule has 0 radical (unpaired) electrons. The molecule has 0 aliphatic heterocycles. The maximum absolute atomic E-state index is 12.0. The molecule has 114 valence electrons. The van der Waals surface area contributed by atoms with Crippen LogP contribution < -0.4 is 0 Å². The van der Waals surface area contributed by atoms with Crippen molar-refractivity contribution < 1.29 is 14.1 Å². The molecule has 1 atom stereocenters. The van der Waals surface area contributed by atoms with Crippen LogP contribution in [0.2, 0.25) is 0 Å². The van der Waals surface area contributed by atoms with Gasteiger partial charge in [-0.25, -0.2) is 4.79 Å². The van der Waals surface area contributed by atoms with Crippen LogP contribution in [0.25, 0.3) is 11.5 Å². The SMILES string of the molecule is Cc1noc(-c2ccc(C(=O)OCC3CC=CCC3)cc2)n1. The second-order valence-electron chi connectivity index (χ2n) is 5.47. The van der Waals surface area contributed by atoms with E-state index in [2.05, 4.69) is 22.3 Å². The van der Waals surface area contributed by atoms with Crippen LogP contribution >= 0.6 is 0 Å². The van der Waals surface area contributed by atoms with Gasteiger partial charge in [0.15, 0.2) is 5.82 Å². The van der Waals surface area contributed by atoms with Crippen molar-refractivity contribution in [3.8, 4) is 11.5 Å². The number of aromatic nitrogens is 2. The van der Waals surface area contributed by atoms with Crippen LogP contribution in [-0.2, 0) is 4.74 Å². The van der Waals surface area contributed by atoms with E-state index in [-0.39, 0.29) is 5.97 Å². The van der Waals surface area contributed by atoms with E-state index in [9.17, 15) is 4.79 Å². The van der Waals surface area contributed by atoms with Gasteiger partial charge < -0.3 is 9.26 Å². The number of carbonyl (C=O) groups excluding carboxylic acids is 1. The van der Waals surface area contributed by atoms with Crippen LogP contribution in [0, 0.1) is 12.8 Å². The summed E-state index contributed by atoms with van der Waals surface area (Å²) in [6, 6.07) is 7.01. The van der Waals surface area contributed by atoms with Crippen molar-refractivity contribution in [2.75, 3.05) is 6.61 Å². The number of benzene rings is 1. The van der Waals surface area contributed by atoms with Crippen molar-refractivity contribution in [3.63, 3.8) is 0 Å². The summed E-state index contributed by atoms with van der Waals surface area (Å²) in [5.74, 6) is 1.18. The van der Waals surface area contributed by atoms with Crippen LogP contribution in [0.1, 0.15) is 35.4 Å². The molecule has 1 aliphatic carbocycles. The quantitative estimate of drug-likeness (QED) is 0.638. The zero-order chi connectivity index (χ0) is 15.4. The molecule has 1 aromatic heterocycles. The molecule has 0 N–H and O–H groups in total. The second kappa shape index (κ2) is 6.56. The molecule has 0 saturated carbocycles. The fourth-order valence-electron chi connectivity index (χ4n) is 2.45. The lowest BCUT2D eigenvalue weighted by Crippen LogP contribution is -2.15. The number of hydrogen-bond donors (Lipinski definition) is 0. The normalized spacial score (nSPS) is 17.4. The Kier molecular flexibility index (Phi) is 4.32. The summed E-state index contributed by atoms with van der Waals surface area (Å²) in [5.41, 5.74) is 1.32. The Labute approximate surface area is 129 Å². The van der Waals surface area contributed by atoms with E-state index in [1.165, 1.54) is 0 Å².